The van der Waals surface area contributed by atoms with Gasteiger partial charge in [-0.25, -0.2) is 0 Å². The van der Waals surface area contributed by atoms with Gasteiger partial charge in [0.25, 0.3) is 0 Å². The van der Waals surface area contributed by atoms with Crippen molar-refractivity contribution in [2.45, 2.75) is 96.3 Å². The molecule has 0 heterocycles. The van der Waals surface area contributed by atoms with Crippen LogP contribution in [0.1, 0.15) is 84.5 Å². The van der Waals surface area contributed by atoms with Crippen LogP contribution in [0.25, 0.3) is 0 Å². The molecule has 0 aromatic heterocycles. The predicted molar refractivity (Wildman–Crippen MR) is 112 cm³/mol. The van der Waals surface area contributed by atoms with Gasteiger partial charge in [0.2, 0.25) is 0 Å². The van der Waals surface area contributed by atoms with E-state index >= 15 is 0 Å². The van der Waals surface area contributed by atoms with Crippen LogP contribution in [0.4, 0.5) is 13.2 Å². The van der Waals surface area contributed by atoms with Crippen molar-refractivity contribution in [3.05, 3.63) is 42.5 Å². The first-order valence-electron chi connectivity index (χ1n) is 11.0. The first-order chi connectivity index (χ1) is 13.5. The van der Waals surface area contributed by atoms with Crippen molar-refractivity contribution in [3.63, 3.8) is 0 Å². The zero-order valence-electron chi connectivity index (χ0n) is 17.5. The molecule has 0 nitrogen and oxygen atoms in total. The molecule has 2 aliphatic rings. The summed E-state index contributed by atoms with van der Waals surface area (Å²) in [6, 6.07) is 0.418. The summed E-state index contributed by atoms with van der Waals surface area (Å²) in [6.45, 7) is 4.23. The van der Waals surface area contributed by atoms with Crippen LogP contribution in [0.2, 0.25) is 6.04 Å². The first-order valence-corrected chi connectivity index (χ1v) is 18.9. The molecule has 2 aliphatic carbocycles. The SMILES string of the molecule is CCCCCCCCC1=CC[C](/[Zr]([C]2=CC=CC2)=[Si](\CCCC)C(F)(F)F)=C1. The van der Waals surface area contributed by atoms with Crippen LogP contribution in [0, 0.1) is 0 Å². The van der Waals surface area contributed by atoms with Gasteiger partial charge < -0.3 is 0 Å². The summed E-state index contributed by atoms with van der Waals surface area (Å²) in [6.07, 6.45) is 22.3. The van der Waals surface area contributed by atoms with E-state index in [1.807, 2.05) is 25.2 Å². The van der Waals surface area contributed by atoms with E-state index in [-0.39, 0.29) is 0 Å². The van der Waals surface area contributed by atoms with Crippen LogP contribution >= 0.6 is 0 Å². The molecule has 0 aliphatic heterocycles. The van der Waals surface area contributed by atoms with Gasteiger partial charge >= 0.3 is 178 Å². The second kappa shape index (κ2) is 12.5. The van der Waals surface area contributed by atoms with Crippen LogP contribution in [-0.2, 0) is 20.4 Å². The van der Waals surface area contributed by atoms with E-state index < -0.39 is 31.6 Å². The monoisotopic (exact) mass is 486 g/mol. The number of unbranched alkanes of at least 4 members (excludes halogenated alkanes) is 6. The van der Waals surface area contributed by atoms with Gasteiger partial charge in [-0.2, -0.15) is 0 Å². The second-order valence-corrected chi connectivity index (χ2v) is 22.4. The third-order valence-electron chi connectivity index (χ3n) is 5.60. The third kappa shape index (κ3) is 7.59. The van der Waals surface area contributed by atoms with Crippen molar-refractivity contribution in [2.24, 2.45) is 0 Å². The summed E-state index contributed by atoms with van der Waals surface area (Å²) in [4.78, 5) is 0. The summed E-state index contributed by atoms with van der Waals surface area (Å²) >= 11 is -2.84. The van der Waals surface area contributed by atoms with Gasteiger partial charge in [0, 0.05) is 0 Å². The Kier molecular flexibility index (Phi) is 10.8. The van der Waals surface area contributed by atoms with Crippen LogP contribution in [0.5, 0.6) is 0 Å². The van der Waals surface area contributed by atoms with Crippen molar-refractivity contribution in [1.82, 2.24) is 0 Å². The standard InChI is InChI=1S/C13H21.C5H9F3Si.C5H5.Zr/c1-2-3-4-5-6-7-10-13-11-8-9-12-13;1-2-3-4-9-5(6,7)8;1-2-4-5-3-1;/h11-12H,2-8,10H2,1H3;2-4H2,1H3;1-3H,4H2;. The van der Waals surface area contributed by atoms with Gasteiger partial charge in [0.05, 0.1) is 0 Å². The van der Waals surface area contributed by atoms with E-state index in [4.69, 9.17) is 0 Å². The summed E-state index contributed by atoms with van der Waals surface area (Å²) in [7, 11) is 0. The zero-order valence-corrected chi connectivity index (χ0v) is 21.0. The van der Waals surface area contributed by atoms with Crippen molar-refractivity contribution < 1.29 is 33.5 Å². The molecule has 0 spiro atoms. The van der Waals surface area contributed by atoms with Gasteiger partial charge in [0.15, 0.2) is 0 Å². The fraction of sp³-hybridized carbons (Fsp3) is 0.652. The quantitative estimate of drug-likeness (QED) is 0.192. The van der Waals surface area contributed by atoms with E-state index in [2.05, 4.69) is 19.1 Å². The number of hydrogen-bond acceptors (Lipinski definition) is 0. The fourth-order valence-corrected chi connectivity index (χ4v) is 23.4. The number of halogens is 3. The molecule has 0 aromatic carbocycles. The van der Waals surface area contributed by atoms with Crippen molar-refractivity contribution in [2.75, 3.05) is 0 Å². The molecule has 0 fully saturated rings. The average Bonchev–Trinajstić information content (AvgIpc) is 3.33. The fourth-order valence-electron chi connectivity index (χ4n) is 4.03. The Morgan fingerprint density at radius 1 is 0.929 bits per heavy atom. The summed E-state index contributed by atoms with van der Waals surface area (Å²) in [5.74, 6) is -3.96. The molecule has 28 heavy (non-hydrogen) atoms. The molecule has 0 bridgehead atoms. The van der Waals surface area contributed by atoms with Crippen molar-refractivity contribution >= 4 is 5.43 Å². The Balaban J connectivity index is 2.13. The number of alkyl halides is 3. The molecular weight excluding hydrogens is 453 g/mol. The van der Waals surface area contributed by atoms with Gasteiger partial charge in [-0.05, 0) is 0 Å². The average molecular weight is 488 g/mol. The molecule has 0 aromatic rings. The molecular formula is C23H35F3SiZr. The van der Waals surface area contributed by atoms with Gasteiger partial charge in [-0.15, -0.1) is 0 Å². The minimum atomic E-state index is -3.96. The molecule has 0 saturated carbocycles. The number of hydrogen-bond donors (Lipinski definition) is 0. The Labute approximate surface area is 177 Å². The third-order valence-corrected chi connectivity index (χ3v) is 24.9. The molecule has 5 heteroatoms. The van der Waals surface area contributed by atoms with Crippen molar-refractivity contribution in [1.29, 1.82) is 0 Å². The van der Waals surface area contributed by atoms with E-state index in [9.17, 15) is 13.2 Å². The summed E-state index contributed by atoms with van der Waals surface area (Å²) in [5, 5.41) is 0. The number of rotatable bonds is 12. The maximum atomic E-state index is 14.1. The van der Waals surface area contributed by atoms with E-state index in [1.54, 1.807) is 0 Å². The first kappa shape index (κ1) is 24.1. The molecule has 0 saturated heterocycles. The zero-order chi connectivity index (χ0) is 20.4. The van der Waals surface area contributed by atoms with E-state index in [0.29, 0.717) is 6.04 Å². The predicted octanol–water partition coefficient (Wildman–Crippen LogP) is 8.31. The molecule has 0 unspecified atom stereocenters. The van der Waals surface area contributed by atoms with Crippen LogP contribution in [-0.4, -0.2) is 11.2 Å². The molecule has 0 N–H and O–H groups in total. The molecule has 2 rings (SSSR count). The van der Waals surface area contributed by atoms with Crippen molar-refractivity contribution in [3.8, 4) is 0 Å². The van der Waals surface area contributed by atoms with E-state index in [0.717, 1.165) is 32.1 Å². The van der Waals surface area contributed by atoms with Crippen LogP contribution in [0.3, 0.4) is 0 Å². The minimum absolute atomic E-state index is 0.418. The Morgan fingerprint density at radius 3 is 2.29 bits per heavy atom. The Morgan fingerprint density at radius 2 is 1.64 bits per heavy atom. The number of allylic oxidation sites excluding steroid dienone is 8. The van der Waals surface area contributed by atoms with E-state index in [1.165, 1.54) is 50.7 Å². The van der Waals surface area contributed by atoms with Crippen LogP contribution < -0.4 is 0 Å². The van der Waals surface area contributed by atoms with Gasteiger partial charge in [0.1, 0.15) is 0 Å². The maximum absolute atomic E-state index is 14.1. The molecule has 156 valence electrons. The van der Waals surface area contributed by atoms with Gasteiger partial charge in [-0.3, -0.25) is 0 Å². The van der Waals surface area contributed by atoms with Gasteiger partial charge in [-0.1, -0.05) is 0 Å². The molecule has 0 amide bonds. The topological polar surface area (TPSA) is 0 Å². The molecule has 0 atom stereocenters. The second-order valence-electron chi connectivity index (χ2n) is 7.95. The normalized spacial score (nSPS) is 17.5. The Hall–Kier alpha value is -0.150. The Bertz CT molecular complexity index is 666. The summed E-state index contributed by atoms with van der Waals surface area (Å²) in [5.41, 5.74) is -0.984. The molecule has 0 radical (unpaired) electrons. The van der Waals surface area contributed by atoms with Crippen LogP contribution in [0.15, 0.2) is 42.5 Å². The summed E-state index contributed by atoms with van der Waals surface area (Å²) < 4.78 is 44.6.